The minimum absolute atomic E-state index is 0.494. The van der Waals surface area contributed by atoms with Gasteiger partial charge in [-0.05, 0) is 55.5 Å². The number of aromatic nitrogens is 4. The van der Waals surface area contributed by atoms with Gasteiger partial charge in [0.1, 0.15) is 11.4 Å². The van der Waals surface area contributed by atoms with E-state index in [4.69, 9.17) is 14.8 Å². The van der Waals surface area contributed by atoms with Gasteiger partial charge in [0.25, 0.3) is 0 Å². The van der Waals surface area contributed by atoms with Gasteiger partial charge in [-0.15, -0.1) is 6.58 Å². The lowest BCUT2D eigenvalue weighted by Gasteiger charge is -2.33. The molecule has 0 saturated heterocycles. The van der Waals surface area contributed by atoms with Crippen molar-refractivity contribution in [3.8, 4) is 28.1 Å². The third kappa shape index (κ3) is 3.20. The fraction of sp³-hybridized carbons (Fsp3) is 0.240. The van der Waals surface area contributed by atoms with E-state index in [1.807, 2.05) is 47.1 Å². The molecule has 5 rings (SSSR count). The fourth-order valence-electron chi connectivity index (χ4n) is 4.55. The van der Waals surface area contributed by atoms with Crippen LogP contribution in [0.4, 0.5) is 0 Å². The van der Waals surface area contributed by atoms with Crippen LogP contribution in [-0.4, -0.2) is 31.8 Å². The molecule has 1 atom stereocenters. The zero-order chi connectivity index (χ0) is 21.4. The van der Waals surface area contributed by atoms with Crippen molar-refractivity contribution >= 4 is 5.65 Å². The molecule has 1 aromatic carbocycles. The van der Waals surface area contributed by atoms with E-state index in [0.717, 1.165) is 57.9 Å². The molecule has 1 unspecified atom stereocenters. The molecule has 31 heavy (non-hydrogen) atoms. The zero-order valence-corrected chi connectivity index (χ0v) is 17.5. The molecule has 1 aliphatic carbocycles. The second-order valence-corrected chi connectivity index (χ2v) is 7.92. The molecule has 0 saturated carbocycles. The van der Waals surface area contributed by atoms with Crippen LogP contribution in [-0.2, 0) is 12.0 Å². The predicted octanol–water partition coefficient (Wildman–Crippen LogP) is 4.57. The third-order valence-electron chi connectivity index (χ3n) is 6.04. The molecule has 0 radical (unpaired) electrons. The topological polar surface area (TPSA) is 72.5 Å². The maximum absolute atomic E-state index is 11.3. The van der Waals surface area contributed by atoms with Crippen LogP contribution in [0.1, 0.15) is 30.5 Å². The van der Waals surface area contributed by atoms with E-state index in [2.05, 4.69) is 11.6 Å². The van der Waals surface area contributed by atoms with Crippen LogP contribution in [0.2, 0.25) is 0 Å². The van der Waals surface area contributed by atoms with Gasteiger partial charge >= 0.3 is 0 Å². The minimum atomic E-state index is -0.949. The number of hydrogen-bond donors (Lipinski definition) is 1. The van der Waals surface area contributed by atoms with Crippen molar-refractivity contribution in [3.63, 3.8) is 0 Å². The summed E-state index contributed by atoms with van der Waals surface area (Å²) in [6, 6.07) is 11.8. The first-order valence-corrected chi connectivity index (χ1v) is 10.4. The van der Waals surface area contributed by atoms with Crippen molar-refractivity contribution < 1.29 is 9.84 Å². The van der Waals surface area contributed by atoms with Gasteiger partial charge in [-0.3, -0.25) is 4.98 Å². The minimum Gasteiger partial charge on any atom is -0.497 e. The summed E-state index contributed by atoms with van der Waals surface area (Å²) in [5, 5.41) is 16.3. The van der Waals surface area contributed by atoms with E-state index in [1.165, 1.54) is 0 Å². The molecule has 3 heterocycles. The quantitative estimate of drug-likeness (QED) is 0.486. The third-order valence-corrected chi connectivity index (χ3v) is 6.04. The van der Waals surface area contributed by atoms with Gasteiger partial charge in [-0.1, -0.05) is 18.2 Å². The number of nitrogens with zero attached hydrogens (tertiary/aromatic N) is 4. The van der Waals surface area contributed by atoms with Crippen molar-refractivity contribution in [2.24, 2.45) is 0 Å². The van der Waals surface area contributed by atoms with Gasteiger partial charge in [0.05, 0.1) is 24.0 Å². The lowest BCUT2D eigenvalue weighted by molar-refractivity contribution is 0.0203. The second-order valence-electron chi connectivity index (χ2n) is 7.92. The Hall–Kier alpha value is -3.51. The number of rotatable bonds is 5. The Bertz CT molecular complexity index is 1270. The van der Waals surface area contributed by atoms with E-state index >= 15 is 0 Å². The largest absolute Gasteiger partial charge is 0.497 e. The Morgan fingerprint density at radius 1 is 1.23 bits per heavy atom. The van der Waals surface area contributed by atoms with Crippen LogP contribution in [0.5, 0.6) is 5.75 Å². The Labute approximate surface area is 180 Å². The first-order valence-electron chi connectivity index (χ1n) is 10.4. The molecule has 0 amide bonds. The van der Waals surface area contributed by atoms with Crippen molar-refractivity contribution in [2.45, 2.75) is 31.3 Å². The van der Waals surface area contributed by atoms with Crippen LogP contribution >= 0.6 is 0 Å². The number of ether oxygens (including phenoxy) is 1. The number of hydrogen-bond acceptors (Lipinski definition) is 5. The molecular weight excluding hydrogens is 388 g/mol. The predicted molar refractivity (Wildman–Crippen MR) is 120 cm³/mol. The molecule has 6 nitrogen and oxygen atoms in total. The average Bonchev–Trinajstić information content (AvgIpc) is 3.20. The molecule has 0 spiro atoms. The SMILES string of the molecule is C=CCC1(O)CCCc2c1cnc1c(-c3cccc(OC)c3)c(-c3ccncc3)nn21. The van der Waals surface area contributed by atoms with E-state index in [-0.39, 0.29) is 0 Å². The van der Waals surface area contributed by atoms with Gasteiger partial charge in [-0.2, -0.15) is 5.10 Å². The summed E-state index contributed by atoms with van der Waals surface area (Å²) in [5.41, 5.74) is 5.36. The molecule has 0 fully saturated rings. The second kappa shape index (κ2) is 7.63. The van der Waals surface area contributed by atoms with Crippen LogP contribution in [0.3, 0.4) is 0 Å². The Kier molecular flexibility index (Phi) is 4.79. The van der Waals surface area contributed by atoms with E-state index in [0.29, 0.717) is 12.8 Å². The van der Waals surface area contributed by atoms with Crippen LogP contribution in [0.25, 0.3) is 28.0 Å². The van der Waals surface area contributed by atoms with Crippen molar-refractivity contribution in [1.29, 1.82) is 0 Å². The lowest BCUT2D eigenvalue weighted by atomic mass is 9.80. The Balaban J connectivity index is 1.82. The van der Waals surface area contributed by atoms with Gasteiger partial charge in [0.15, 0.2) is 5.65 Å². The highest BCUT2D eigenvalue weighted by molar-refractivity contribution is 5.90. The maximum atomic E-state index is 11.3. The molecular formula is C25H24N4O2. The van der Waals surface area contributed by atoms with Crippen LogP contribution < -0.4 is 4.74 Å². The molecule has 0 bridgehead atoms. The number of benzene rings is 1. The number of pyridine rings is 1. The molecule has 1 N–H and O–H groups in total. The van der Waals surface area contributed by atoms with E-state index < -0.39 is 5.60 Å². The normalized spacial score (nSPS) is 18.0. The summed E-state index contributed by atoms with van der Waals surface area (Å²) in [4.78, 5) is 8.95. The number of methoxy groups -OCH3 is 1. The number of aliphatic hydroxyl groups is 1. The fourth-order valence-corrected chi connectivity index (χ4v) is 4.55. The number of aryl methyl sites for hydroxylation is 1. The van der Waals surface area contributed by atoms with Gasteiger partial charge < -0.3 is 9.84 Å². The molecule has 4 aromatic rings. The van der Waals surface area contributed by atoms with Gasteiger partial charge in [0, 0.05) is 29.7 Å². The highest BCUT2D eigenvalue weighted by Crippen LogP contribution is 2.41. The van der Waals surface area contributed by atoms with Crippen molar-refractivity contribution in [3.05, 3.63) is 78.9 Å². The zero-order valence-electron chi connectivity index (χ0n) is 17.5. The molecule has 6 heteroatoms. The number of fused-ring (bicyclic) bond motifs is 3. The van der Waals surface area contributed by atoms with Gasteiger partial charge in [-0.25, -0.2) is 9.50 Å². The van der Waals surface area contributed by atoms with Crippen LogP contribution in [0.15, 0.2) is 67.6 Å². The van der Waals surface area contributed by atoms with Crippen molar-refractivity contribution in [1.82, 2.24) is 19.6 Å². The van der Waals surface area contributed by atoms with Crippen molar-refractivity contribution in [2.75, 3.05) is 7.11 Å². The standard InChI is InChI=1S/C25H24N4O2/c1-3-11-25(30)12-5-8-21-20(25)16-27-24-22(18-6-4-7-19(15-18)31-2)23(28-29(21)24)17-9-13-26-14-10-17/h3-4,6-7,9-10,13-16,30H,1,5,8,11-12H2,2H3. The summed E-state index contributed by atoms with van der Waals surface area (Å²) in [7, 11) is 1.66. The Morgan fingerprint density at radius 3 is 2.84 bits per heavy atom. The summed E-state index contributed by atoms with van der Waals surface area (Å²) in [5.74, 6) is 0.774. The monoisotopic (exact) mass is 412 g/mol. The van der Waals surface area contributed by atoms with E-state index in [1.54, 1.807) is 25.6 Å². The van der Waals surface area contributed by atoms with Gasteiger partial charge in [0.2, 0.25) is 0 Å². The maximum Gasteiger partial charge on any atom is 0.163 e. The molecule has 1 aliphatic rings. The highest BCUT2D eigenvalue weighted by atomic mass is 16.5. The van der Waals surface area contributed by atoms with E-state index in [9.17, 15) is 5.11 Å². The molecule has 156 valence electrons. The summed E-state index contributed by atoms with van der Waals surface area (Å²) >= 11 is 0. The lowest BCUT2D eigenvalue weighted by Crippen LogP contribution is -2.31. The summed E-state index contributed by atoms with van der Waals surface area (Å²) in [6.45, 7) is 3.83. The Morgan fingerprint density at radius 2 is 2.06 bits per heavy atom. The molecule has 0 aliphatic heterocycles. The highest BCUT2D eigenvalue weighted by Gasteiger charge is 2.36. The smallest absolute Gasteiger partial charge is 0.163 e. The summed E-state index contributed by atoms with van der Waals surface area (Å²) in [6.07, 6.45) is 10.0. The van der Waals surface area contributed by atoms with Crippen LogP contribution in [0, 0.1) is 0 Å². The first kappa shape index (κ1) is 19.5. The summed E-state index contributed by atoms with van der Waals surface area (Å²) < 4.78 is 7.37. The average molecular weight is 412 g/mol. The molecule has 3 aromatic heterocycles. The first-order chi connectivity index (χ1) is 15.1.